The van der Waals surface area contributed by atoms with Crippen LogP contribution in [0.1, 0.15) is 43.9 Å². The molecule has 0 aliphatic rings. The number of amides is 2. The van der Waals surface area contributed by atoms with E-state index in [0.29, 0.717) is 18.0 Å². The van der Waals surface area contributed by atoms with Crippen LogP contribution in [-0.2, 0) is 9.53 Å². The lowest BCUT2D eigenvalue weighted by Gasteiger charge is -2.23. The third kappa shape index (κ3) is 6.31. The second-order valence-electron chi connectivity index (χ2n) is 9.17. The summed E-state index contributed by atoms with van der Waals surface area (Å²) in [6.07, 6.45) is 3.00. The lowest BCUT2D eigenvalue weighted by molar-refractivity contribution is -0.118. The summed E-state index contributed by atoms with van der Waals surface area (Å²) in [5.41, 5.74) is 2.30. The Morgan fingerprint density at radius 3 is 2.66 bits per heavy atom. The summed E-state index contributed by atoms with van der Waals surface area (Å²) in [7, 11) is 0. The Morgan fingerprint density at radius 1 is 1.26 bits per heavy atom. The number of nitriles is 1. The summed E-state index contributed by atoms with van der Waals surface area (Å²) in [5.74, 6) is 0.833. The molecule has 2 N–H and O–H groups in total. The lowest BCUT2D eigenvalue weighted by Crippen LogP contribution is -2.46. The highest BCUT2D eigenvalue weighted by molar-refractivity contribution is 7.98. The Balaban J connectivity index is 1.95. The molecule has 0 aliphatic carbocycles. The smallest absolute Gasteiger partial charge is 0.408 e. The second kappa shape index (κ2) is 10.8. The van der Waals surface area contributed by atoms with Gasteiger partial charge in [0.25, 0.3) is 0 Å². The number of hydrogen-bond donors (Lipinski definition) is 2. The number of rotatable bonds is 7. The summed E-state index contributed by atoms with van der Waals surface area (Å²) in [6.45, 7) is 9.21. The summed E-state index contributed by atoms with van der Waals surface area (Å²) >= 11 is 1.56. The van der Waals surface area contributed by atoms with Crippen molar-refractivity contribution in [2.75, 3.05) is 17.3 Å². The number of benzene rings is 1. The zero-order chi connectivity index (χ0) is 25.8. The average molecular weight is 495 g/mol. The number of para-hydroxylation sites is 1. The molecule has 1 aromatic carbocycles. The number of carbonyl (C=O) groups is 2. The van der Waals surface area contributed by atoms with Gasteiger partial charge in [-0.1, -0.05) is 18.2 Å². The van der Waals surface area contributed by atoms with Gasteiger partial charge in [-0.2, -0.15) is 26.8 Å². The molecule has 0 radical (unpaired) electrons. The number of pyridine rings is 1. The fourth-order valence-corrected chi connectivity index (χ4v) is 4.01. The van der Waals surface area contributed by atoms with Gasteiger partial charge in [0, 0.05) is 5.39 Å². The predicted molar refractivity (Wildman–Crippen MR) is 138 cm³/mol. The van der Waals surface area contributed by atoms with Gasteiger partial charge in [0.2, 0.25) is 5.91 Å². The van der Waals surface area contributed by atoms with Gasteiger partial charge in [0.15, 0.2) is 11.6 Å². The molecule has 0 bridgehead atoms. The van der Waals surface area contributed by atoms with Crippen LogP contribution in [0.5, 0.6) is 0 Å². The Labute approximate surface area is 209 Å². The van der Waals surface area contributed by atoms with Crippen LogP contribution >= 0.6 is 11.8 Å². The third-order valence-corrected chi connectivity index (χ3v) is 5.84. The number of ether oxygens (including phenoxy) is 1. The highest BCUT2D eigenvalue weighted by atomic mass is 32.2. The molecule has 1 unspecified atom stereocenters. The van der Waals surface area contributed by atoms with Crippen molar-refractivity contribution >= 4 is 40.5 Å². The largest absolute Gasteiger partial charge is 0.444 e. The maximum absolute atomic E-state index is 13.2. The Bertz CT molecular complexity index is 1290. The van der Waals surface area contributed by atoms with Gasteiger partial charge in [0.05, 0.1) is 11.7 Å². The number of aryl methyl sites for hydroxylation is 2. The van der Waals surface area contributed by atoms with E-state index in [0.717, 1.165) is 22.0 Å². The van der Waals surface area contributed by atoms with E-state index >= 15 is 0 Å². The molecule has 0 fully saturated rings. The van der Waals surface area contributed by atoms with Gasteiger partial charge < -0.3 is 15.4 Å². The SMILES string of the molecule is CSCCC(NC(=O)OC(C)(C)C)C(=O)Nc1c(C#N)cnn1-c1cc(C)c2cccc(C)c2n1. The first kappa shape index (κ1) is 26.0. The van der Waals surface area contributed by atoms with Crippen LogP contribution in [-0.4, -0.2) is 50.4 Å². The summed E-state index contributed by atoms with van der Waals surface area (Å²) in [5, 5.41) is 20.4. The van der Waals surface area contributed by atoms with Crippen molar-refractivity contribution in [1.29, 1.82) is 5.26 Å². The Morgan fingerprint density at radius 2 is 2.00 bits per heavy atom. The van der Waals surface area contributed by atoms with E-state index in [9.17, 15) is 14.9 Å². The zero-order valence-corrected chi connectivity index (χ0v) is 21.6. The molecule has 9 nitrogen and oxygen atoms in total. The molecule has 2 aromatic heterocycles. The third-order valence-electron chi connectivity index (χ3n) is 5.20. The molecule has 0 saturated heterocycles. The molecule has 3 aromatic rings. The number of hydrogen-bond acceptors (Lipinski definition) is 7. The molecule has 0 saturated carbocycles. The van der Waals surface area contributed by atoms with E-state index in [1.165, 1.54) is 10.9 Å². The van der Waals surface area contributed by atoms with Gasteiger partial charge in [0.1, 0.15) is 23.3 Å². The number of fused-ring (bicyclic) bond motifs is 1. The second-order valence-corrected chi connectivity index (χ2v) is 10.2. The van der Waals surface area contributed by atoms with Crippen molar-refractivity contribution < 1.29 is 14.3 Å². The minimum absolute atomic E-state index is 0.184. The first-order chi connectivity index (χ1) is 16.5. The molecule has 184 valence electrons. The lowest BCUT2D eigenvalue weighted by atomic mass is 10.1. The normalized spacial score (nSPS) is 12.1. The number of aromatic nitrogens is 3. The molecule has 1 atom stereocenters. The van der Waals surface area contributed by atoms with Crippen LogP contribution in [0.4, 0.5) is 10.6 Å². The number of carbonyl (C=O) groups excluding carboxylic acids is 2. The van der Waals surface area contributed by atoms with E-state index < -0.39 is 23.6 Å². The fraction of sp³-hybridized carbons (Fsp3) is 0.400. The number of thioether (sulfide) groups is 1. The minimum Gasteiger partial charge on any atom is -0.444 e. The van der Waals surface area contributed by atoms with Gasteiger partial charge in [-0.3, -0.25) is 4.79 Å². The molecule has 0 aliphatic heterocycles. The van der Waals surface area contributed by atoms with Crippen LogP contribution in [0.3, 0.4) is 0 Å². The predicted octanol–water partition coefficient (Wildman–Crippen LogP) is 4.49. The first-order valence-electron chi connectivity index (χ1n) is 11.2. The monoisotopic (exact) mass is 494 g/mol. The molecule has 35 heavy (non-hydrogen) atoms. The van der Waals surface area contributed by atoms with Crippen LogP contribution < -0.4 is 10.6 Å². The van der Waals surface area contributed by atoms with Crippen molar-refractivity contribution in [3.63, 3.8) is 0 Å². The highest BCUT2D eigenvalue weighted by Crippen LogP contribution is 2.25. The molecular weight excluding hydrogens is 464 g/mol. The minimum atomic E-state index is -0.860. The van der Waals surface area contributed by atoms with Gasteiger partial charge in [-0.05, 0) is 70.2 Å². The number of nitrogens with zero attached hydrogens (tertiary/aromatic N) is 4. The van der Waals surface area contributed by atoms with E-state index in [2.05, 4.69) is 21.8 Å². The fourth-order valence-electron chi connectivity index (χ4n) is 3.53. The number of alkyl carbamates (subject to hydrolysis) is 1. The molecule has 2 heterocycles. The standard InChI is InChI=1S/C25H30N6O3S/c1-15-8-7-9-18-16(2)12-20(29-21(15)18)31-22(17(13-26)14-27-31)30-23(32)19(10-11-35-6)28-24(33)34-25(3,4)5/h7-9,12,14,19H,10-11H2,1-6H3,(H,28,33)(H,30,32). The van der Waals surface area contributed by atoms with Gasteiger partial charge in [-0.15, -0.1) is 0 Å². The average Bonchev–Trinajstić information content (AvgIpc) is 3.18. The van der Waals surface area contributed by atoms with Crippen LogP contribution in [0, 0.1) is 25.2 Å². The van der Waals surface area contributed by atoms with Crippen molar-refractivity contribution in [2.45, 2.75) is 52.7 Å². The topological polar surface area (TPSA) is 122 Å². The maximum Gasteiger partial charge on any atom is 0.408 e. The van der Waals surface area contributed by atoms with Gasteiger partial charge >= 0.3 is 6.09 Å². The Hall–Kier alpha value is -3.58. The van der Waals surface area contributed by atoms with Crippen molar-refractivity contribution in [1.82, 2.24) is 20.1 Å². The zero-order valence-electron chi connectivity index (χ0n) is 20.8. The maximum atomic E-state index is 13.2. The number of anilines is 1. The molecule has 3 rings (SSSR count). The van der Waals surface area contributed by atoms with Crippen molar-refractivity contribution in [3.8, 4) is 11.9 Å². The summed E-state index contributed by atoms with van der Waals surface area (Å²) in [4.78, 5) is 30.3. The van der Waals surface area contributed by atoms with Crippen molar-refractivity contribution in [2.24, 2.45) is 0 Å². The van der Waals surface area contributed by atoms with Crippen LogP contribution in [0.25, 0.3) is 16.7 Å². The quantitative estimate of drug-likeness (QED) is 0.496. The van der Waals surface area contributed by atoms with E-state index in [4.69, 9.17) is 9.72 Å². The van der Waals surface area contributed by atoms with Crippen molar-refractivity contribution in [3.05, 3.63) is 47.2 Å². The molecule has 10 heteroatoms. The molecule has 0 spiro atoms. The first-order valence-corrected chi connectivity index (χ1v) is 12.6. The summed E-state index contributed by atoms with van der Waals surface area (Å²) in [6, 6.07) is 9.02. The number of nitrogens with one attached hydrogen (secondary N) is 2. The molecule has 2 amide bonds. The molecular formula is C25H30N6O3S. The van der Waals surface area contributed by atoms with Gasteiger partial charge in [-0.25, -0.2) is 9.78 Å². The van der Waals surface area contributed by atoms with E-state index in [1.54, 1.807) is 32.5 Å². The van der Waals surface area contributed by atoms with Crippen LogP contribution in [0.15, 0.2) is 30.5 Å². The Kier molecular flexibility index (Phi) is 8.02. The van der Waals surface area contributed by atoms with E-state index in [-0.39, 0.29) is 11.4 Å². The highest BCUT2D eigenvalue weighted by Gasteiger charge is 2.26. The summed E-state index contributed by atoms with van der Waals surface area (Å²) < 4.78 is 6.76. The van der Waals surface area contributed by atoms with Crippen LogP contribution in [0.2, 0.25) is 0 Å². The van der Waals surface area contributed by atoms with E-state index in [1.807, 2.05) is 44.4 Å².